The first kappa shape index (κ1) is 16.1. The number of carbonyl (C=O) groups excluding carboxylic acids is 1. The molecule has 1 aliphatic heterocycles. The molecule has 1 heterocycles. The Labute approximate surface area is 132 Å². The number of benzene rings is 1. The Morgan fingerprint density at radius 3 is 2.62 bits per heavy atom. The van der Waals surface area contributed by atoms with Crippen LogP contribution in [0.5, 0.6) is 5.75 Å². The first-order valence-corrected chi connectivity index (χ1v) is 7.47. The van der Waals surface area contributed by atoms with E-state index in [9.17, 15) is 4.79 Å². The van der Waals surface area contributed by atoms with Crippen molar-refractivity contribution in [2.24, 2.45) is 5.92 Å². The highest BCUT2D eigenvalue weighted by Crippen LogP contribution is 2.33. The molecular weight excluding hydrogens is 288 g/mol. The fraction of sp³-hybridized carbons (Fsp3) is 0.562. The second-order valence-corrected chi connectivity index (χ2v) is 5.82. The summed E-state index contributed by atoms with van der Waals surface area (Å²) in [6.45, 7) is 0. The van der Waals surface area contributed by atoms with Gasteiger partial charge in [0.15, 0.2) is 0 Å². The van der Waals surface area contributed by atoms with E-state index in [0.717, 1.165) is 17.9 Å². The number of fused-ring (bicyclic) bond motifs is 1. The lowest BCUT2D eigenvalue weighted by Crippen LogP contribution is -2.39. The maximum absolute atomic E-state index is 12.3. The largest absolute Gasteiger partial charge is 0.497 e. The summed E-state index contributed by atoms with van der Waals surface area (Å²) in [4.78, 5) is 12.3. The molecule has 116 valence electrons. The number of amides is 1. The van der Waals surface area contributed by atoms with Crippen molar-refractivity contribution in [2.45, 2.75) is 44.2 Å². The third-order valence-corrected chi connectivity index (χ3v) is 4.54. The first-order chi connectivity index (χ1) is 9.76. The summed E-state index contributed by atoms with van der Waals surface area (Å²) >= 11 is 0. The number of nitrogens with one attached hydrogen (secondary N) is 2. The van der Waals surface area contributed by atoms with Gasteiger partial charge in [0.25, 0.3) is 0 Å². The zero-order chi connectivity index (χ0) is 13.9. The van der Waals surface area contributed by atoms with Gasteiger partial charge in [-0.3, -0.25) is 4.79 Å². The van der Waals surface area contributed by atoms with Gasteiger partial charge in [-0.1, -0.05) is 12.8 Å². The molecule has 0 spiro atoms. The number of methoxy groups -OCH3 is 1. The normalized spacial score (nSPS) is 27.4. The van der Waals surface area contributed by atoms with Crippen molar-refractivity contribution in [1.82, 2.24) is 5.32 Å². The fourth-order valence-corrected chi connectivity index (χ4v) is 3.42. The summed E-state index contributed by atoms with van der Waals surface area (Å²) in [6, 6.07) is 7.98. The molecule has 2 fully saturated rings. The SMILES string of the molecule is COc1ccc(NC(=O)C2CC3CCCCC3N2)cc1.Cl. The van der Waals surface area contributed by atoms with E-state index in [0.29, 0.717) is 12.0 Å². The molecule has 3 atom stereocenters. The molecule has 1 saturated carbocycles. The predicted octanol–water partition coefficient (Wildman–Crippen LogP) is 2.98. The van der Waals surface area contributed by atoms with Crippen LogP contribution in [0.3, 0.4) is 0 Å². The van der Waals surface area contributed by atoms with Gasteiger partial charge in [-0.15, -0.1) is 12.4 Å². The van der Waals surface area contributed by atoms with E-state index in [1.807, 2.05) is 24.3 Å². The van der Waals surface area contributed by atoms with E-state index >= 15 is 0 Å². The number of hydrogen-bond donors (Lipinski definition) is 2. The maximum Gasteiger partial charge on any atom is 0.241 e. The Bertz CT molecular complexity index is 464. The lowest BCUT2D eigenvalue weighted by atomic mass is 9.85. The van der Waals surface area contributed by atoms with E-state index < -0.39 is 0 Å². The third kappa shape index (κ3) is 3.69. The minimum Gasteiger partial charge on any atom is -0.497 e. The molecule has 1 aromatic rings. The zero-order valence-corrected chi connectivity index (χ0v) is 13.1. The minimum atomic E-state index is -0.0369. The molecule has 1 aromatic carbocycles. The standard InChI is InChI=1S/C16H22N2O2.ClH/c1-20-13-8-6-12(7-9-13)17-16(19)15-10-11-4-2-3-5-14(11)18-15;/h6-9,11,14-15,18H,2-5,10H2,1H3,(H,17,19);1H. The average molecular weight is 311 g/mol. The number of rotatable bonds is 3. The molecule has 21 heavy (non-hydrogen) atoms. The molecule has 5 heteroatoms. The van der Waals surface area contributed by atoms with Crippen molar-refractivity contribution in [3.8, 4) is 5.75 Å². The van der Waals surface area contributed by atoms with Crippen molar-refractivity contribution in [2.75, 3.05) is 12.4 Å². The number of anilines is 1. The second-order valence-electron chi connectivity index (χ2n) is 5.82. The number of halogens is 1. The smallest absolute Gasteiger partial charge is 0.241 e. The summed E-state index contributed by atoms with van der Waals surface area (Å²) in [7, 11) is 1.64. The van der Waals surface area contributed by atoms with Crippen LogP contribution in [-0.2, 0) is 4.79 Å². The summed E-state index contributed by atoms with van der Waals surface area (Å²) in [6.07, 6.45) is 6.07. The van der Waals surface area contributed by atoms with E-state index in [1.165, 1.54) is 25.7 Å². The van der Waals surface area contributed by atoms with E-state index in [2.05, 4.69) is 10.6 Å². The predicted molar refractivity (Wildman–Crippen MR) is 86.2 cm³/mol. The highest BCUT2D eigenvalue weighted by atomic mass is 35.5. The van der Waals surface area contributed by atoms with Gasteiger partial charge in [-0.05, 0) is 49.4 Å². The molecule has 1 saturated heterocycles. The van der Waals surface area contributed by atoms with E-state index in [4.69, 9.17) is 4.74 Å². The van der Waals surface area contributed by atoms with Crippen LogP contribution in [0.2, 0.25) is 0 Å². The van der Waals surface area contributed by atoms with Crippen LogP contribution < -0.4 is 15.4 Å². The van der Waals surface area contributed by atoms with Crippen molar-refractivity contribution in [3.05, 3.63) is 24.3 Å². The van der Waals surface area contributed by atoms with E-state index in [-0.39, 0.29) is 24.4 Å². The molecule has 2 aliphatic rings. The van der Waals surface area contributed by atoms with Gasteiger partial charge in [0, 0.05) is 11.7 Å². The Balaban J connectivity index is 0.00000161. The molecule has 0 aromatic heterocycles. The van der Waals surface area contributed by atoms with Crippen LogP contribution in [0.25, 0.3) is 0 Å². The topological polar surface area (TPSA) is 50.4 Å². The second kappa shape index (κ2) is 7.14. The summed E-state index contributed by atoms with van der Waals surface area (Å²) in [5.74, 6) is 1.58. The van der Waals surface area contributed by atoms with Gasteiger partial charge in [0.2, 0.25) is 5.91 Å². The van der Waals surface area contributed by atoms with Crippen molar-refractivity contribution in [1.29, 1.82) is 0 Å². The van der Waals surface area contributed by atoms with Gasteiger partial charge in [0.05, 0.1) is 13.2 Å². The van der Waals surface area contributed by atoms with Crippen LogP contribution >= 0.6 is 12.4 Å². The Morgan fingerprint density at radius 2 is 1.95 bits per heavy atom. The van der Waals surface area contributed by atoms with Crippen LogP contribution in [-0.4, -0.2) is 25.1 Å². The van der Waals surface area contributed by atoms with Gasteiger partial charge < -0.3 is 15.4 Å². The molecule has 0 bridgehead atoms. The van der Waals surface area contributed by atoms with Crippen LogP contribution in [0.15, 0.2) is 24.3 Å². The van der Waals surface area contributed by atoms with Crippen LogP contribution in [0.1, 0.15) is 32.1 Å². The highest BCUT2D eigenvalue weighted by Gasteiger charge is 2.38. The highest BCUT2D eigenvalue weighted by molar-refractivity contribution is 5.95. The van der Waals surface area contributed by atoms with E-state index in [1.54, 1.807) is 7.11 Å². The van der Waals surface area contributed by atoms with Gasteiger partial charge in [-0.25, -0.2) is 0 Å². The zero-order valence-electron chi connectivity index (χ0n) is 12.3. The molecule has 3 rings (SSSR count). The van der Waals surface area contributed by atoms with Crippen LogP contribution in [0, 0.1) is 5.92 Å². The minimum absolute atomic E-state index is 0. The summed E-state index contributed by atoms with van der Waals surface area (Å²) < 4.78 is 5.11. The molecule has 2 N–H and O–H groups in total. The summed E-state index contributed by atoms with van der Waals surface area (Å²) in [5, 5.41) is 6.49. The molecule has 4 nitrogen and oxygen atoms in total. The van der Waals surface area contributed by atoms with Crippen molar-refractivity contribution < 1.29 is 9.53 Å². The maximum atomic E-state index is 12.3. The first-order valence-electron chi connectivity index (χ1n) is 7.47. The molecular formula is C16H23ClN2O2. The Hall–Kier alpha value is -1.26. The quantitative estimate of drug-likeness (QED) is 0.902. The fourth-order valence-electron chi connectivity index (χ4n) is 3.42. The van der Waals surface area contributed by atoms with Crippen molar-refractivity contribution >= 4 is 24.0 Å². The number of carbonyl (C=O) groups is 1. The molecule has 3 unspecified atom stereocenters. The lowest BCUT2D eigenvalue weighted by molar-refractivity contribution is -0.117. The summed E-state index contributed by atoms with van der Waals surface area (Å²) in [5.41, 5.74) is 0.826. The number of hydrogen-bond acceptors (Lipinski definition) is 3. The number of ether oxygens (including phenoxy) is 1. The monoisotopic (exact) mass is 310 g/mol. The lowest BCUT2D eigenvalue weighted by Gasteiger charge is -2.24. The molecule has 1 aliphatic carbocycles. The van der Waals surface area contributed by atoms with Crippen LogP contribution in [0.4, 0.5) is 5.69 Å². The Morgan fingerprint density at radius 1 is 1.24 bits per heavy atom. The van der Waals surface area contributed by atoms with Gasteiger partial charge in [0.1, 0.15) is 5.75 Å². The third-order valence-electron chi connectivity index (χ3n) is 4.54. The average Bonchev–Trinajstić information content (AvgIpc) is 2.92. The van der Waals surface area contributed by atoms with Gasteiger partial charge >= 0.3 is 0 Å². The van der Waals surface area contributed by atoms with Crippen molar-refractivity contribution in [3.63, 3.8) is 0 Å². The Kier molecular flexibility index (Phi) is 5.48. The van der Waals surface area contributed by atoms with Gasteiger partial charge in [-0.2, -0.15) is 0 Å². The molecule has 0 radical (unpaired) electrons. The molecule has 1 amide bonds.